The minimum absolute atomic E-state index is 0.180. The molecule has 0 saturated heterocycles. The van der Waals surface area contributed by atoms with E-state index in [1.165, 1.54) is 6.42 Å². The maximum Gasteiger partial charge on any atom is 0.117 e. The van der Waals surface area contributed by atoms with Crippen molar-refractivity contribution in [3.05, 3.63) is 52.2 Å². The van der Waals surface area contributed by atoms with Crippen LogP contribution in [0.1, 0.15) is 48.0 Å². The van der Waals surface area contributed by atoms with E-state index in [4.69, 9.17) is 0 Å². The second kappa shape index (κ2) is 6.33. The first-order chi connectivity index (χ1) is 9.79. The Labute approximate surface area is 131 Å². The van der Waals surface area contributed by atoms with E-state index in [9.17, 15) is 0 Å². The Kier molecular flexibility index (Phi) is 4.90. The third-order valence-electron chi connectivity index (χ3n) is 4.42. The zero-order valence-electron chi connectivity index (χ0n) is 14.4. The summed E-state index contributed by atoms with van der Waals surface area (Å²) in [6.07, 6.45) is 2.30. The van der Waals surface area contributed by atoms with E-state index in [-0.39, 0.29) is 5.54 Å². The zero-order valence-corrected chi connectivity index (χ0v) is 15.5. The SMILES string of the molecule is CC1=C(C)C([SiH](CNC(C)(C)C)c2ccccc2)=C(C)C1. The van der Waals surface area contributed by atoms with Crippen LogP contribution in [0.3, 0.4) is 0 Å². The molecule has 21 heavy (non-hydrogen) atoms. The summed E-state index contributed by atoms with van der Waals surface area (Å²) in [4.78, 5) is 0. The van der Waals surface area contributed by atoms with Crippen LogP contribution in [0.25, 0.3) is 0 Å². The number of rotatable bonds is 4. The molecule has 0 radical (unpaired) electrons. The Morgan fingerprint density at radius 2 is 1.62 bits per heavy atom. The van der Waals surface area contributed by atoms with Gasteiger partial charge in [-0.1, -0.05) is 57.4 Å². The van der Waals surface area contributed by atoms with Crippen molar-refractivity contribution >= 4 is 14.0 Å². The molecule has 0 spiro atoms. The summed E-state index contributed by atoms with van der Waals surface area (Å²) in [5.41, 5.74) is 4.90. The Morgan fingerprint density at radius 3 is 2.10 bits per heavy atom. The molecule has 0 heterocycles. The maximum absolute atomic E-state index is 3.76. The molecule has 1 aliphatic carbocycles. The number of hydrogen-bond acceptors (Lipinski definition) is 1. The van der Waals surface area contributed by atoms with Crippen molar-refractivity contribution in [3.63, 3.8) is 0 Å². The van der Waals surface area contributed by atoms with Gasteiger partial charge in [0.05, 0.1) is 0 Å². The third-order valence-corrected chi connectivity index (χ3v) is 7.85. The monoisotopic (exact) mass is 299 g/mol. The number of hydrogen-bond donors (Lipinski definition) is 1. The first-order valence-electron chi connectivity index (χ1n) is 7.96. The molecule has 2 rings (SSSR count). The summed E-state index contributed by atoms with van der Waals surface area (Å²) in [6.45, 7) is 13.7. The Balaban J connectivity index is 2.36. The van der Waals surface area contributed by atoms with E-state index in [0.29, 0.717) is 0 Å². The molecule has 2 heteroatoms. The van der Waals surface area contributed by atoms with E-state index in [1.807, 2.05) is 0 Å². The largest absolute Gasteiger partial charge is 0.314 e. The van der Waals surface area contributed by atoms with Crippen LogP contribution in [0.2, 0.25) is 0 Å². The van der Waals surface area contributed by atoms with Gasteiger partial charge in [0.1, 0.15) is 8.80 Å². The average molecular weight is 300 g/mol. The first kappa shape index (κ1) is 16.3. The van der Waals surface area contributed by atoms with Crippen LogP contribution in [-0.2, 0) is 0 Å². The molecule has 0 bridgehead atoms. The smallest absolute Gasteiger partial charge is 0.117 e. The summed E-state index contributed by atoms with van der Waals surface area (Å²) in [6, 6.07) is 11.1. The second-order valence-electron chi connectivity index (χ2n) is 7.37. The Morgan fingerprint density at radius 1 is 1.00 bits per heavy atom. The lowest BCUT2D eigenvalue weighted by atomic mass is 10.1. The fourth-order valence-corrected chi connectivity index (χ4v) is 6.96. The summed E-state index contributed by atoms with van der Waals surface area (Å²) < 4.78 is 0. The van der Waals surface area contributed by atoms with Crippen molar-refractivity contribution in [2.75, 3.05) is 6.17 Å². The molecular weight excluding hydrogens is 270 g/mol. The minimum atomic E-state index is -1.19. The molecule has 0 aromatic heterocycles. The molecule has 0 saturated carbocycles. The topological polar surface area (TPSA) is 12.0 Å². The summed E-state index contributed by atoms with van der Waals surface area (Å²) in [5.74, 6) is 0. The highest BCUT2D eigenvalue weighted by atomic mass is 28.3. The fourth-order valence-electron chi connectivity index (χ4n) is 3.21. The van der Waals surface area contributed by atoms with Crippen molar-refractivity contribution in [1.29, 1.82) is 0 Å². The standard InChI is InChI=1S/C19H29NSi/c1-14-12-15(2)18(16(14)3)21(13-20-19(4,5)6)17-10-8-7-9-11-17/h7-11,20-21H,12-13H2,1-6H3. The molecule has 0 fully saturated rings. The quantitative estimate of drug-likeness (QED) is 0.837. The molecule has 1 N–H and O–H groups in total. The van der Waals surface area contributed by atoms with Crippen LogP contribution in [0, 0.1) is 0 Å². The fraction of sp³-hybridized carbons (Fsp3) is 0.474. The van der Waals surface area contributed by atoms with Gasteiger partial charge in [0.25, 0.3) is 0 Å². The summed E-state index contributed by atoms with van der Waals surface area (Å²) in [7, 11) is -1.19. The van der Waals surface area contributed by atoms with Crippen LogP contribution in [-0.4, -0.2) is 20.5 Å². The predicted octanol–water partition coefficient (Wildman–Crippen LogP) is 3.64. The first-order valence-corrected chi connectivity index (χ1v) is 9.93. The van der Waals surface area contributed by atoms with Gasteiger partial charge in [0.15, 0.2) is 0 Å². The van der Waals surface area contributed by atoms with Gasteiger partial charge >= 0.3 is 0 Å². The number of allylic oxidation sites excluding steroid dienone is 4. The van der Waals surface area contributed by atoms with Crippen molar-refractivity contribution < 1.29 is 0 Å². The maximum atomic E-state index is 3.76. The predicted molar refractivity (Wildman–Crippen MR) is 96.7 cm³/mol. The van der Waals surface area contributed by atoms with Crippen molar-refractivity contribution in [2.24, 2.45) is 0 Å². The van der Waals surface area contributed by atoms with Crippen LogP contribution in [0.15, 0.2) is 52.2 Å². The molecule has 0 amide bonds. The van der Waals surface area contributed by atoms with Crippen LogP contribution < -0.4 is 10.5 Å². The molecule has 1 aliphatic rings. The highest BCUT2D eigenvalue weighted by Crippen LogP contribution is 2.32. The molecule has 1 nitrogen and oxygen atoms in total. The van der Waals surface area contributed by atoms with Crippen molar-refractivity contribution in [3.8, 4) is 0 Å². The Bertz CT molecular complexity index is 561. The van der Waals surface area contributed by atoms with Gasteiger partial charge in [-0.25, -0.2) is 0 Å². The van der Waals surface area contributed by atoms with Gasteiger partial charge in [-0.15, -0.1) is 0 Å². The van der Waals surface area contributed by atoms with Gasteiger partial charge in [0, 0.05) is 5.54 Å². The normalized spacial score (nSPS) is 17.6. The van der Waals surface area contributed by atoms with E-state index in [2.05, 4.69) is 77.2 Å². The second-order valence-corrected chi connectivity index (χ2v) is 10.1. The zero-order chi connectivity index (χ0) is 15.6. The molecule has 0 aliphatic heterocycles. The van der Waals surface area contributed by atoms with E-state index < -0.39 is 8.80 Å². The van der Waals surface area contributed by atoms with Crippen LogP contribution in [0.4, 0.5) is 0 Å². The van der Waals surface area contributed by atoms with Gasteiger partial charge in [-0.2, -0.15) is 0 Å². The van der Waals surface area contributed by atoms with Crippen molar-refractivity contribution in [1.82, 2.24) is 5.32 Å². The number of nitrogens with one attached hydrogen (secondary N) is 1. The van der Waals surface area contributed by atoms with Crippen LogP contribution >= 0.6 is 0 Å². The highest BCUT2D eigenvalue weighted by Gasteiger charge is 2.27. The third kappa shape index (κ3) is 3.95. The van der Waals surface area contributed by atoms with Gasteiger partial charge in [-0.05, 0) is 54.1 Å². The highest BCUT2D eigenvalue weighted by molar-refractivity contribution is 6.81. The van der Waals surface area contributed by atoms with Gasteiger partial charge < -0.3 is 5.32 Å². The van der Waals surface area contributed by atoms with Gasteiger partial charge in [-0.3, -0.25) is 0 Å². The lowest BCUT2D eigenvalue weighted by Crippen LogP contribution is -2.48. The minimum Gasteiger partial charge on any atom is -0.314 e. The molecule has 1 atom stereocenters. The van der Waals surface area contributed by atoms with Crippen molar-refractivity contribution in [2.45, 2.75) is 53.5 Å². The lowest BCUT2D eigenvalue weighted by Gasteiger charge is -2.27. The Hall–Kier alpha value is -1.12. The molecule has 1 aromatic rings. The molecule has 1 unspecified atom stereocenters. The lowest BCUT2D eigenvalue weighted by molar-refractivity contribution is 0.457. The van der Waals surface area contributed by atoms with E-state index >= 15 is 0 Å². The van der Waals surface area contributed by atoms with E-state index in [0.717, 1.165) is 6.17 Å². The van der Waals surface area contributed by atoms with E-state index in [1.54, 1.807) is 27.1 Å². The molecular formula is C19H29NSi. The molecule has 114 valence electrons. The summed E-state index contributed by atoms with van der Waals surface area (Å²) in [5, 5.41) is 7.00. The summed E-state index contributed by atoms with van der Waals surface area (Å²) >= 11 is 0. The average Bonchev–Trinajstić information content (AvgIpc) is 2.65. The van der Waals surface area contributed by atoms with Gasteiger partial charge in [0.2, 0.25) is 0 Å². The van der Waals surface area contributed by atoms with Crippen LogP contribution in [0.5, 0.6) is 0 Å². The number of benzene rings is 1. The molecule has 1 aromatic carbocycles.